The molecule has 1 saturated heterocycles. The summed E-state index contributed by atoms with van der Waals surface area (Å²) in [5.41, 5.74) is 0.806. The standard InChI is InChI=1S/C13H17NO2S/c1-10-3-5-11(6-4-10)14(2)12(15)13(16)7-8-17-9-13/h3-6,16H,7-9H2,1-2H3. The molecule has 1 aliphatic heterocycles. The first kappa shape index (κ1) is 12.5. The second kappa shape index (κ2) is 4.70. The smallest absolute Gasteiger partial charge is 0.259 e. The molecule has 1 atom stereocenters. The summed E-state index contributed by atoms with van der Waals surface area (Å²) < 4.78 is 0. The van der Waals surface area contributed by atoms with Crippen molar-refractivity contribution in [3.8, 4) is 0 Å². The maximum Gasteiger partial charge on any atom is 0.259 e. The maximum absolute atomic E-state index is 12.2. The van der Waals surface area contributed by atoms with Gasteiger partial charge in [-0.25, -0.2) is 0 Å². The molecule has 0 aliphatic carbocycles. The molecule has 1 aromatic carbocycles. The lowest BCUT2D eigenvalue weighted by atomic mass is 10.0. The van der Waals surface area contributed by atoms with Crippen LogP contribution in [0.25, 0.3) is 0 Å². The zero-order valence-electron chi connectivity index (χ0n) is 10.1. The van der Waals surface area contributed by atoms with Crippen molar-refractivity contribution >= 4 is 23.4 Å². The highest BCUT2D eigenvalue weighted by Gasteiger charge is 2.41. The minimum atomic E-state index is -1.18. The number of likely N-dealkylation sites (N-methyl/N-ethyl adjacent to an activating group) is 1. The van der Waals surface area contributed by atoms with E-state index in [9.17, 15) is 9.90 Å². The second-order valence-electron chi connectivity index (χ2n) is 4.53. The first-order chi connectivity index (χ1) is 8.03. The summed E-state index contributed by atoms with van der Waals surface area (Å²) in [4.78, 5) is 13.8. The number of carbonyl (C=O) groups excluding carboxylic acids is 1. The highest BCUT2D eigenvalue weighted by Crippen LogP contribution is 2.30. The second-order valence-corrected chi connectivity index (χ2v) is 5.64. The topological polar surface area (TPSA) is 40.5 Å². The molecule has 0 bridgehead atoms. The van der Waals surface area contributed by atoms with Gasteiger partial charge < -0.3 is 10.0 Å². The van der Waals surface area contributed by atoms with Crippen LogP contribution in [-0.4, -0.2) is 35.2 Å². The molecule has 1 amide bonds. The molecule has 17 heavy (non-hydrogen) atoms. The van der Waals surface area contributed by atoms with Crippen molar-refractivity contribution in [3.63, 3.8) is 0 Å². The van der Waals surface area contributed by atoms with Gasteiger partial charge in [-0.2, -0.15) is 11.8 Å². The molecule has 4 heteroatoms. The molecule has 1 heterocycles. The van der Waals surface area contributed by atoms with Gasteiger partial charge in [0.15, 0.2) is 5.60 Å². The first-order valence-electron chi connectivity index (χ1n) is 5.68. The van der Waals surface area contributed by atoms with Crippen LogP contribution < -0.4 is 4.90 Å². The molecule has 92 valence electrons. The molecule has 2 rings (SSSR count). The fourth-order valence-electron chi connectivity index (χ4n) is 1.92. The van der Waals surface area contributed by atoms with Crippen molar-refractivity contribution in [1.82, 2.24) is 0 Å². The van der Waals surface area contributed by atoms with Crippen LogP contribution in [0.3, 0.4) is 0 Å². The van der Waals surface area contributed by atoms with E-state index in [0.717, 1.165) is 17.0 Å². The van der Waals surface area contributed by atoms with Crippen LogP contribution in [-0.2, 0) is 4.79 Å². The summed E-state index contributed by atoms with van der Waals surface area (Å²) in [6, 6.07) is 7.73. The quantitative estimate of drug-likeness (QED) is 0.871. The van der Waals surface area contributed by atoms with Gasteiger partial charge in [0, 0.05) is 18.5 Å². The Morgan fingerprint density at radius 3 is 2.59 bits per heavy atom. The number of amides is 1. The molecule has 1 aliphatic rings. The molecule has 1 aromatic rings. The summed E-state index contributed by atoms with van der Waals surface area (Å²) in [6.45, 7) is 2.01. The number of hydrogen-bond donors (Lipinski definition) is 1. The van der Waals surface area contributed by atoms with Crippen molar-refractivity contribution in [1.29, 1.82) is 0 Å². The Labute approximate surface area is 106 Å². The fraction of sp³-hybridized carbons (Fsp3) is 0.462. The third-order valence-corrected chi connectivity index (χ3v) is 4.30. The number of nitrogens with zero attached hydrogens (tertiary/aromatic N) is 1. The van der Waals surface area contributed by atoms with Gasteiger partial charge in [0.1, 0.15) is 0 Å². The minimum absolute atomic E-state index is 0.202. The van der Waals surface area contributed by atoms with E-state index >= 15 is 0 Å². The van der Waals surface area contributed by atoms with E-state index in [1.807, 2.05) is 31.2 Å². The van der Waals surface area contributed by atoms with Gasteiger partial charge >= 0.3 is 0 Å². The fourth-order valence-corrected chi connectivity index (χ4v) is 3.15. The molecule has 1 N–H and O–H groups in total. The normalized spacial score (nSPS) is 23.7. The third kappa shape index (κ3) is 2.48. The molecule has 0 radical (unpaired) electrons. The summed E-state index contributed by atoms with van der Waals surface area (Å²) >= 11 is 1.63. The van der Waals surface area contributed by atoms with Crippen molar-refractivity contribution in [2.24, 2.45) is 0 Å². The molecule has 0 saturated carbocycles. The van der Waals surface area contributed by atoms with E-state index in [4.69, 9.17) is 0 Å². The SMILES string of the molecule is Cc1ccc(N(C)C(=O)C2(O)CCSC2)cc1. The average molecular weight is 251 g/mol. The molecule has 0 aromatic heterocycles. The Bertz CT molecular complexity index is 410. The zero-order chi connectivity index (χ0) is 12.5. The summed E-state index contributed by atoms with van der Waals surface area (Å²) in [5, 5.41) is 10.2. The van der Waals surface area contributed by atoms with Crippen molar-refractivity contribution in [3.05, 3.63) is 29.8 Å². The first-order valence-corrected chi connectivity index (χ1v) is 6.83. The van der Waals surface area contributed by atoms with Crippen LogP contribution >= 0.6 is 11.8 Å². The Balaban J connectivity index is 2.17. The number of carbonyl (C=O) groups is 1. The van der Waals surface area contributed by atoms with E-state index in [-0.39, 0.29) is 5.91 Å². The highest BCUT2D eigenvalue weighted by atomic mass is 32.2. The van der Waals surface area contributed by atoms with E-state index in [1.54, 1.807) is 23.7 Å². The molecular weight excluding hydrogens is 234 g/mol. The van der Waals surface area contributed by atoms with Crippen LogP contribution in [0.1, 0.15) is 12.0 Å². The lowest BCUT2D eigenvalue weighted by Crippen LogP contribution is -2.47. The van der Waals surface area contributed by atoms with E-state index < -0.39 is 5.60 Å². The Kier molecular flexibility index (Phi) is 3.45. The van der Waals surface area contributed by atoms with Crippen LogP contribution in [0.15, 0.2) is 24.3 Å². The van der Waals surface area contributed by atoms with Gasteiger partial charge in [-0.15, -0.1) is 0 Å². The van der Waals surface area contributed by atoms with Gasteiger partial charge in [0.2, 0.25) is 0 Å². The third-order valence-electron chi connectivity index (χ3n) is 3.12. The Morgan fingerprint density at radius 2 is 2.06 bits per heavy atom. The largest absolute Gasteiger partial charge is 0.379 e. The van der Waals surface area contributed by atoms with E-state index in [0.29, 0.717) is 12.2 Å². The number of rotatable bonds is 2. The molecule has 1 unspecified atom stereocenters. The van der Waals surface area contributed by atoms with Gasteiger partial charge in [-0.05, 0) is 31.2 Å². The summed E-state index contributed by atoms with van der Waals surface area (Å²) in [7, 11) is 1.72. The van der Waals surface area contributed by atoms with Gasteiger partial charge in [-0.1, -0.05) is 17.7 Å². The number of thioether (sulfide) groups is 1. The van der Waals surface area contributed by atoms with E-state index in [2.05, 4.69) is 0 Å². The Hall–Kier alpha value is -1.00. The summed E-state index contributed by atoms with van der Waals surface area (Å²) in [5.74, 6) is 1.15. The number of aryl methyl sites for hydroxylation is 1. The van der Waals surface area contributed by atoms with Crippen LogP contribution in [0.4, 0.5) is 5.69 Å². The van der Waals surface area contributed by atoms with Crippen LogP contribution in [0.2, 0.25) is 0 Å². The number of hydrogen-bond acceptors (Lipinski definition) is 3. The average Bonchev–Trinajstić information content (AvgIpc) is 2.76. The van der Waals surface area contributed by atoms with E-state index in [1.165, 1.54) is 0 Å². The maximum atomic E-state index is 12.2. The molecule has 0 spiro atoms. The van der Waals surface area contributed by atoms with Crippen molar-refractivity contribution < 1.29 is 9.90 Å². The van der Waals surface area contributed by atoms with Crippen LogP contribution in [0, 0.1) is 6.92 Å². The number of aliphatic hydroxyl groups is 1. The number of anilines is 1. The lowest BCUT2D eigenvalue weighted by molar-refractivity contribution is -0.134. The predicted octanol–water partition coefficient (Wildman–Crippen LogP) is 1.83. The van der Waals surface area contributed by atoms with Gasteiger partial charge in [0.25, 0.3) is 5.91 Å². The zero-order valence-corrected chi connectivity index (χ0v) is 11.0. The summed E-state index contributed by atoms with van der Waals surface area (Å²) in [6.07, 6.45) is 0.548. The van der Waals surface area contributed by atoms with Gasteiger partial charge in [0.05, 0.1) is 0 Å². The highest BCUT2D eigenvalue weighted by molar-refractivity contribution is 7.99. The van der Waals surface area contributed by atoms with Crippen LogP contribution in [0.5, 0.6) is 0 Å². The Morgan fingerprint density at radius 1 is 1.41 bits per heavy atom. The predicted molar refractivity (Wildman–Crippen MR) is 71.5 cm³/mol. The minimum Gasteiger partial charge on any atom is -0.379 e. The lowest BCUT2D eigenvalue weighted by Gasteiger charge is -2.27. The van der Waals surface area contributed by atoms with Crippen molar-refractivity contribution in [2.45, 2.75) is 18.9 Å². The van der Waals surface area contributed by atoms with Gasteiger partial charge in [-0.3, -0.25) is 4.79 Å². The monoisotopic (exact) mass is 251 g/mol. The number of benzene rings is 1. The molecule has 3 nitrogen and oxygen atoms in total. The molecular formula is C13H17NO2S. The molecule has 1 fully saturated rings. The van der Waals surface area contributed by atoms with Crippen molar-refractivity contribution in [2.75, 3.05) is 23.5 Å².